The van der Waals surface area contributed by atoms with Crippen LogP contribution in [0.2, 0.25) is 5.02 Å². The maximum Gasteiger partial charge on any atom is 0.221 e. The van der Waals surface area contributed by atoms with Crippen molar-refractivity contribution in [1.29, 1.82) is 0 Å². The zero-order chi connectivity index (χ0) is 23.3. The van der Waals surface area contributed by atoms with Crippen molar-refractivity contribution in [3.63, 3.8) is 0 Å². The third-order valence-electron chi connectivity index (χ3n) is 5.69. The van der Waals surface area contributed by atoms with Crippen molar-refractivity contribution in [2.24, 2.45) is 0 Å². The summed E-state index contributed by atoms with van der Waals surface area (Å²) in [6.45, 7) is 8.95. The molecule has 6 heteroatoms. The van der Waals surface area contributed by atoms with Crippen molar-refractivity contribution < 1.29 is 19.4 Å². The van der Waals surface area contributed by atoms with Gasteiger partial charge in [-0.25, -0.2) is 4.98 Å². The normalized spacial score (nSPS) is 17.6. The molecule has 4 rings (SSSR count). The molecule has 2 aromatic carbocycles. The first-order valence-electron chi connectivity index (χ1n) is 10.6. The van der Waals surface area contributed by atoms with Crippen molar-refractivity contribution >= 4 is 33.9 Å². The van der Waals surface area contributed by atoms with Crippen molar-refractivity contribution in [3.8, 4) is 11.6 Å². The van der Waals surface area contributed by atoms with Crippen LogP contribution in [0.3, 0.4) is 0 Å². The van der Waals surface area contributed by atoms with Crippen LogP contribution in [-0.2, 0) is 16.0 Å². The van der Waals surface area contributed by atoms with Gasteiger partial charge in [0.25, 0.3) is 0 Å². The Kier molecular flexibility index (Phi) is 5.51. The monoisotopic (exact) mass is 451 g/mol. The van der Waals surface area contributed by atoms with Crippen LogP contribution in [0.15, 0.2) is 54.3 Å². The number of nitrogens with zero attached hydrogens (tertiary/aromatic N) is 1. The van der Waals surface area contributed by atoms with E-state index in [4.69, 9.17) is 21.1 Å². The molecular formula is C26H26ClNO4. The molecule has 2 heterocycles. The van der Waals surface area contributed by atoms with Crippen LogP contribution in [0, 0.1) is 0 Å². The minimum Gasteiger partial charge on any atom is -0.508 e. The number of aromatic nitrogens is 1. The van der Waals surface area contributed by atoms with Gasteiger partial charge >= 0.3 is 0 Å². The molecule has 32 heavy (non-hydrogen) atoms. The lowest BCUT2D eigenvalue weighted by atomic mass is 9.81. The predicted molar refractivity (Wildman–Crippen MR) is 126 cm³/mol. The van der Waals surface area contributed by atoms with E-state index in [-0.39, 0.29) is 17.1 Å². The molecule has 0 bridgehead atoms. The first kappa shape index (κ1) is 22.3. The van der Waals surface area contributed by atoms with Gasteiger partial charge in [-0.05, 0) is 63.4 Å². The molecule has 0 spiro atoms. The topological polar surface area (TPSA) is 68.7 Å². The number of carbonyl (C=O) groups is 1. The molecule has 1 aromatic heterocycles. The summed E-state index contributed by atoms with van der Waals surface area (Å²) in [7, 11) is 0. The highest BCUT2D eigenvalue weighted by Crippen LogP contribution is 2.42. The average Bonchev–Trinajstić information content (AvgIpc) is 2.72. The minimum absolute atomic E-state index is 0.0828. The lowest BCUT2D eigenvalue weighted by Crippen LogP contribution is -2.49. The highest BCUT2D eigenvalue weighted by Gasteiger charge is 2.47. The van der Waals surface area contributed by atoms with Gasteiger partial charge in [-0.3, -0.25) is 4.79 Å². The van der Waals surface area contributed by atoms with E-state index in [0.29, 0.717) is 28.6 Å². The Bertz CT molecular complexity index is 1260. The second-order valence-electron chi connectivity index (χ2n) is 8.91. The molecule has 0 saturated heterocycles. The van der Waals surface area contributed by atoms with Crippen molar-refractivity contribution in [1.82, 2.24) is 4.98 Å². The third-order valence-corrected chi connectivity index (χ3v) is 6.00. The van der Waals surface area contributed by atoms with Gasteiger partial charge in [-0.1, -0.05) is 42.8 Å². The molecule has 0 fully saturated rings. The molecule has 0 aliphatic carbocycles. The number of Topliss-reactive ketones (excluding diaryl/α,β-unsaturated/α-hetero) is 1. The van der Waals surface area contributed by atoms with Crippen LogP contribution in [-0.4, -0.2) is 27.1 Å². The fourth-order valence-electron chi connectivity index (χ4n) is 4.14. The second-order valence-corrected chi connectivity index (χ2v) is 9.32. The molecule has 1 N–H and O–H groups in total. The van der Waals surface area contributed by atoms with Crippen LogP contribution < -0.4 is 4.74 Å². The van der Waals surface area contributed by atoms with Crippen molar-refractivity contribution in [2.75, 3.05) is 0 Å². The lowest BCUT2D eigenvalue weighted by molar-refractivity contribution is -0.158. The Labute approximate surface area is 192 Å². The number of ketones is 1. The standard InChI is InChI=1S/C26H26ClNO4/c1-6-15-11-12-16(31-21-14-19(27)17-9-7-8-10-20(17)28-21)13-18(15)22-23(29)25(2,3)32-26(4,5)24(22)30/h7-14,29H,6H2,1-5H3. The molecule has 0 unspecified atom stereocenters. The number of aryl methyl sites for hydroxylation is 1. The number of hydrogen-bond acceptors (Lipinski definition) is 5. The molecule has 1 aliphatic rings. The van der Waals surface area contributed by atoms with Crippen LogP contribution in [0.5, 0.6) is 11.6 Å². The molecule has 166 valence electrons. The number of carbonyl (C=O) groups excluding carboxylic acids is 1. The lowest BCUT2D eigenvalue weighted by Gasteiger charge is -2.40. The predicted octanol–water partition coefficient (Wildman–Crippen LogP) is 6.67. The molecule has 5 nitrogen and oxygen atoms in total. The largest absolute Gasteiger partial charge is 0.508 e. The van der Waals surface area contributed by atoms with E-state index in [1.165, 1.54) is 0 Å². The zero-order valence-electron chi connectivity index (χ0n) is 18.8. The number of benzene rings is 2. The van der Waals surface area contributed by atoms with E-state index >= 15 is 0 Å². The van der Waals surface area contributed by atoms with E-state index in [1.54, 1.807) is 39.8 Å². The zero-order valence-corrected chi connectivity index (χ0v) is 19.6. The van der Waals surface area contributed by atoms with Gasteiger partial charge in [0.05, 0.1) is 16.1 Å². The number of para-hydroxylation sites is 1. The minimum atomic E-state index is -1.07. The molecule has 0 saturated carbocycles. The van der Waals surface area contributed by atoms with E-state index < -0.39 is 11.2 Å². The molecule has 1 aliphatic heterocycles. The number of pyridine rings is 1. The van der Waals surface area contributed by atoms with Gasteiger partial charge in [0.2, 0.25) is 5.88 Å². The summed E-state index contributed by atoms with van der Waals surface area (Å²) in [6, 6.07) is 14.7. The Balaban J connectivity index is 1.81. The Morgan fingerprint density at radius 2 is 1.78 bits per heavy atom. The third kappa shape index (κ3) is 3.87. The van der Waals surface area contributed by atoms with E-state index in [0.717, 1.165) is 16.5 Å². The Morgan fingerprint density at radius 1 is 1.06 bits per heavy atom. The highest BCUT2D eigenvalue weighted by molar-refractivity contribution is 6.35. The molecular weight excluding hydrogens is 426 g/mol. The van der Waals surface area contributed by atoms with Gasteiger partial charge in [-0.15, -0.1) is 0 Å². The second kappa shape index (κ2) is 7.91. The number of halogens is 1. The van der Waals surface area contributed by atoms with E-state index in [2.05, 4.69) is 4.98 Å². The summed E-state index contributed by atoms with van der Waals surface area (Å²) in [5, 5.41) is 12.4. The molecule has 0 radical (unpaired) electrons. The maximum atomic E-state index is 13.3. The smallest absolute Gasteiger partial charge is 0.221 e. The summed E-state index contributed by atoms with van der Waals surface area (Å²) in [5.74, 6) is 0.487. The summed E-state index contributed by atoms with van der Waals surface area (Å²) >= 11 is 6.41. The number of rotatable bonds is 4. The van der Waals surface area contributed by atoms with Crippen LogP contribution in [0.25, 0.3) is 16.5 Å². The van der Waals surface area contributed by atoms with Gasteiger partial charge in [0.15, 0.2) is 5.78 Å². The fourth-order valence-corrected chi connectivity index (χ4v) is 4.39. The summed E-state index contributed by atoms with van der Waals surface area (Å²) in [5.41, 5.74) is 0.471. The number of aliphatic hydroxyl groups is 1. The number of ether oxygens (including phenoxy) is 2. The highest BCUT2D eigenvalue weighted by atomic mass is 35.5. The maximum absolute atomic E-state index is 13.3. The summed E-state index contributed by atoms with van der Waals surface area (Å²) in [6.07, 6.45) is 0.682. The van der Waals surface area contributed by atoms with Crippen LogP contribution >= 0.6 is 11.6 Å². The van der Waals surface area contributed by atoms with Crippen molar-refractivity contribution in [2.45, 2.75) is 52.2 Å². The van der Waals surface area contributed by atoms with Gasteiger partial charge in [0.1, 0.15) is 22.7 Å². The first-order valence-corrected chi connectivity index (χ1v) is 11.0. The molecule has 0 amide bonds. The number of fused-ring (bicyclic) bond motifs is 1. The average molecular weight is 452 g/mol. The number of hydrogen-bond donors (Lipinski definition) is 1. The van der Waals surface area contributed by atoms with Crippen molar-refractivity contribution in [3.05, 3.63) is 70.4 Å². The van der Waals surface area contributed by atoms with E-state index in [9.17, 15) is 9.90 Å². The first-order chi connectivity index (χ1) is 15.0. The number of aliphatic hydroxyl groups excluding tert-OH is 1. The molecule has 0 atom stereocenters. The van der Waals surface area contributed by atoms with Gasteiger partial charge < -0.3 is 14.6 Å². The van der Waals surface area contributed by atoms with Crippen LogP contribution in [0.4, 0.5) is 0 Å². The Morgan fingerprint density at radius 3 is 2.50 bits per heavy atom. The Hall–Kier alpha value is -2.89. The van der Waals surface area contributed by atoms with Crippen LogP contribution in [0.1, 0.15) is 45.7 Å². The summed E-state index contributed by atoms with van der Waals surface area (Å²) < 4.78 is 11.9. The van der Waals surface area contributed by atoms with Gasteiger partial charge in [-0.2, -0.15) is 0 Å². The van der Waals surface area contributed by atoms with E-state index in [1.807, 2.05) is 43.3 Å². The fraction of sp³-hybridized carbons (Fsp3) is 0.308. The quantitative estimate of drug-likeness (QED) is 0.479. The van der Waals surface area contributed by atoms with Gasteiger partial charge in [0, 0.05) is 11.5 Å². The summed E-state index contributed by atoms with van der Waals surface area (Å²) in [4.78, 5) is 17.8. The molecule has 3 aromatic rings. The SMILES string of the molecule is CCc1ccc(Oc2cc(Cl)c3ccccc3n2)cc1C1=C(O)C(C)(C)OC(C)(C)C1=O.